The fourth-order valence-corrected chi connectivity index (χ4v) is 1.85. The quantitative estimate of drug-likeness (QED) is 0.844. The first kappa shape index (κ1) is 8.75. The first-order valence-corrected chi connectivity index (χ1v) is 5.02. The summed E-state index contributed by atoms with van der Waals surface area (Å²) in [6, 6.07) is 8.06. The van der Waals surface area contributed by atoms with Crippen molar-refractivity contribution in [2.45, 2.75) is 12.3 Å². The summed E-state index contributed by atoms with van der Waals surface area (Å²) in [5.74, 6) is 0.264. The SMILES string of the molecule is NC(=O)[C@@H]1C[C@H]1c1ccc(Br)cc1. The van der Waals surface area contributed by atoms with Crippen molar-refractivity contribution >= 4 is 21.8 Å². The Morgan fingerprint density at radius 2 is 2.00 bits per heavy atom. The number of benzene rings is 1. The average Bonchev–Trinajstić information content (AvgIpc) is 2.85. The molecular formula is C10H10BrNO. The van der Waals surface area contributed by atoms with E-state index in [4.69, 9.17) is 5.73 Å². The number of nitrogens with two attached hydrogens (primary N) is 1. The van der Waals surface area contributed by atoms with Crippen LogP contribution >= 0.6 is 15.9 Å². The first-order chi connectivity index (χ1) is 6.18. The second kappa shape index (κ2) is 3.14. The largest absolute Gasteiger partial charge is 0.369 e. The zero-order valence-corrected chi connectivity index (χ0v) is 8.62. The van der Waals surface area contributed by atoms with Crippen LogP contribution in [-0.2, 0) is 4.79 Å². The molecule has 1 aliphatic rings. The summed E-state index contributed by atoms with van der Waals surface area (Å²) in [5.41, 5.74) is 6.42. The van der Waals surface area contributed by atoms with Crippen molar-refractivity contribution in [2.24, 2.45) is 11.7 Å². The summed E-state index contributed by atoms with van der Waals surface area (Å²) >= 11 is 3.37. The zero-order valence-electron chi connectivity index (χ0n) is 7.03. The molecule has 0 aromatic heterocycles. The predicted molar refractivity (Wildman–Crippen MR) is 54.2 cm³/mol. The van der Waals surface area contributed by atoms with Gasteiger partial charge < -0.3 is 5.73 Å². The molecule has 3 heteroatoms. The van der Waals surface area contributed by atoms with E-state index >= 15 is 0 Å². The minimum absolute atomic E-state index is 0.0705. The highest BCUT2D eigenvalue weighted by atomic mass is 79.9. The molecule has 1 aliphatic carbocycles. The summed E-state index contributed by atoms with van der Waals surface area (Å²) in [4.78, 5) is 10.8. The maximum absolute atomic E-state index is 10.8. The van der Waals surface area contributed by atoms with E-state index in [-0.39, 0.29) is 11.8 Å². The molecule has 13 heavy (non-hydrogen) atoms. The molecule has 0 aliphatic heterocycles. The van der Waals surface area contributed by atoms with Gasteiger partial charge in [-0.05, 0) is 30.0 Å². The van der Waals surface area contributed by atoms with Gasteiger partial charge in [-0.1, -0.05) is 28.1 Å². The molecule has 1 amide bonds. The minimum atomic E-state index is -0.173. The molecule has 2 atom stereocenters. The summed E-state index contributed by atoms with van der Waals surface area (Å²) in [6.45, 7) is 0. The van der Waals surface area contributed by atoms with Crippen LogP contribution in [0, 0.1) is 5.92 Å². The molecule has 2 rings (SSSR count). The van der Waals surface area contributed by atoms with Crippen LogP contribution in [0.4, 0.5) is 0 Å². The lowest BCUT2D eigenvalue weighted by Crippen LogP contribution is -2.13. The third kappa shape index (κ3) is 1.75. The van der Waals surface area contributed by atoms with Crippen molar-refractivity contribution in [1.29, 1.82) is 0 Å². The Balaban J connectivity index is 2.12. The van der Waals surface area contributed by atoms with Gasteiger partial charge in [0.15, 0.2) is 0 Å². The van der Waals surface area contributed by atoms with Crippen LogP contribution in [-0.4, -0.2) is 5.91 Å². The standard InChI is InChI=1S/C10H10BrNO/c11-7-3-1-6(2-4-7)8-5-9(8)10(12)13/h1-4,8-9H,5H2,(H2,12,13)/t8-,9+/m0/s1. The summed E-state index contributed by atoms with van der Waals surface area (Å²) in [7, 11) is 0. The van der Waals surface area contributed by atoms with Crippen LogP contribution in [0.1, 0.15) is 17.9 Å². The van der Waals surface area contributed by atoms with Gasteiger partial charge in [0.2, 0.25) is 5.91 Å². The molecule has 1 fully saturated rings. The van der Waals surface area contributed by atoms with Crippen LogP contribution in [0.25, 0.3) is 0 Å². The van der Waals surface area contributed by atoms with E-state index < -0.39 is 0 Å². The van der Waals surface area contributed by atoms with E-state index in [9.17, 15) is 4.79 Å². The predicted octanol–water partition coefficient (Wildman–Crippen LogP) is 2.04. The first-order valence-electron chi connectivity index (χ1n) is 4.23. The highest BCUT2D eigenvalue weighted by Crippen LogP contribution is 2.47. The second-order valence-electron chi connectivity index (χ2n) is 3.40. The number of halogens is 1. The molecular weight excluding hydrogens is 230 g/mol. The lowest BCUT2D eigenvalue weighted by Gasteiger charge is -1.98. The van der Waals surface area contributed by atoms with Crippen LogP contribution in [0.5, 0.6) is 0 Å². The van der Waals surface area contributed by atoms with Gasteiger partial charge in [0, 0.05) is 10.4 Å². The number of carbonyl (C=O) groups excluding carboxylic acids is 1. The number of hydrogen-bond donors (Lipinski definition) is 1. The molecule has 1 saturated carbocycles. The van der Waals surface area contributed by atoms with Crippen molar-refractivity contribution < 1.29 is 4.79 Å². The van der Waals surface area contributed by atoms with Gasteiger partial charge in [0.05, 0.1) is 0 Å². The average molecular weight is 240 g/mol. The molecule has 2 nitrogen and oxygen atoms in total. The summed E-state index contributed by atoms with van der Waals surface area (Å²) in [6.07, 6.45) is 0.914. The smallest absolute Gasteiger partial charge is 0.221 e. The maximum atomic E-state index is 10.8. The van der Waals surface area contributed by atoms with Crippen molar-refractivity contribution in [1.82, 2.24) is 0 Å². The van der Waals surface area contributed by atoms with E-state index in [1.54, 1.807) is 0 Å². The molecule has 68 valence electrons. The van der Waals surface area contributed by atoms with Crippen LogP contribution < -0.4 is 5.73 Å². The molecule has 2 N–H and O–H groups in total. The lowest BCUT2D eigenvalue weighted by molar-refractivity contribution is -0.119. The van der Waals surface area contributed by atoms with E-state index in [1.165, 1.54) is 5.56 Å². The van der Waals surface area contributed by atoms with Gasteiger partial charge >= 0.3 is 0 Å². The molecule has 0 unspecified atom stereocenters. The number of hydrogen-bond acceptors (Lipinski definition) is 1. The molecule has 1 aromatic rings. The van der Waals surface area contributed by atoms with Gasteiger partial charge in [-0.15, -0.1) is 0 Å². The fraction of sp³-hybridized carbons (Fsp3) is 0.300. The maximum Gasteiger partial charge on any atom is 0.221 e. The molecule has 0 heterocycles. The third-order valence-corrected chi connectivity index (χ3v) is 2.98. The van der Waals surface area contributed by atoms with Crippen LogP contribution in [0.2, 0.25) is 0 Å². The van der Waals surface area contributed by atoms with Crippen molar-refractivity contribution in [2.75, 3.05) is 0 Å². The molecule has 0 radical (unpaired) electrons. The minimum Gasteiger partial charge on any atom is -0.369 e. The molecule has 1 aromatic carbocycles. The van der Waals surface area contributed by atoms with E-state index in [0.717, 1.165) is 10.9 Å². The number of amides is 1. The number of rotatable bonds is 2. The Morgan fingerprint density at radius 1 is 1.38 bits per heavy atom. The van der Waals surface area contributed by atoms with Gasteiger partial charge in [-0.3, -0.25) is 4.79 Å². The van der Waals surface area contributed by atoms with Gasteiger partial charge in [0.25, 0.3) is 0 Å². The van der Waals surface area contributed by atoms with Gasteiger partial charge in [0.1, 0.15) is 0 Å². The molecule has 0 saturated heterocycles. The van der Waals surface area contributed by atoms with Gasteiger partial charge in [-0.25, -0.2) is 0 Å². The Kier molecular flexibility index (Phi) is 2.12. The fourth-order valence-electron chi connectivity index (χ4n) is 1.59. The zero-order chi connectivity index (χ0) is 9.42. The van der Waals surface area contributed by atoms with E-state index in [0.29, 0.717) is 5.92 Å². The van der Waals surface area contributed by atoms with E-state index in [1.807, 2.05) is 24.3 Å². The Labute approximate surface area is 85.3 Å². The van der Waals surface area contributed by atoms with Gasteiger partial charge in [-0.2, -0.15) is 0 Å². The van der Waals surface area contributed by atoms with Crippen molar-refractivity contribution in [3.05, 3.63) is 34.3 Å². The second-order valence-corrected chi connectivity index (χ2v) is 4.32. The highest BCUT2D eigenvalue weighted by molar-refractivity contribution is 9.10. The molecule has 0 bridgehead atoms. The monoisotopic (exact) mass is 239 g/mol. The van der Waals surface area contributed by atoms with Crippen LogP contribution in [0.3, 0.4) is 0 Å². The Bertz CT molecular complexity index is 333. The lowest BCUT2D eigenvalue weighted by atomic mass is 10.1. The van der Waals surface area contributed by atoms with E-state index in [2.05, 4.69) is 15.9 Å². The van der Waals surface area contributed by atoms with Crippen molar-refractivity contribution in [3.63, 3.8) is 0 Å². The Hall–Kier alpha value is -0.830. The normalized spacial score (nSPS) is 25.6. The molecule has 0 spiro atoms. The number of primary amides is 1. The summed E-state index contributed by atoms with van der Waals surface area (Å²) < 4.78 is 1.06. The van der Waals surface area contributed by atoms with Crippen LogP contribution in [0.15, 0.2) is 28.7 Å². The third-order valence-electron chi connectivity index (χ3n) is 2.45. The van der Waals surface area contributed by atoms with Crippen molar-refractivity contribution in [3.8, 4) is 0 Å². The topological polar surface area (TPSA) is 43.1 Å². The number of carbonyl (C=O) groups is 1. The summed E-state index contributed by atoms with van der Waals surface area (Å²) in [5, 5.41) is 0. The highest BCUT2D eigenvalue weighted by Gasteiger charge is 2.42. The Morgan fingerprint density at radius 3 is 2.46 bits per heavy atom.